The number of amides is 3. The van der Waals surface area contributed by atoms with Gasteiger partial charge in [-0.1, -0.05) is 24.3 Å². The van der Waals surface area contributed by atoms with E-state index in [4.69, 9.17) is 0 Å². The van der Waals surface area contributed by atoms with Crippen molar-refractivity contribution in [2.75, 3.05) is 29.9 Å². The molecule has 2 aliphatic heterocycles. The Morgan fingerprint density at radius 2 is 1.46 bits per heavy atom. The Balaban J connectivity index is 1.40. The maximum atomic E-state index is 12.5. The normalized spacial score (nSPS) is 16.3. The number of nitrogens with zero attached hydrogens (tertiary/aromatic N) is 2. The first-order valence-corrected chi connectivity index (χ1v) is 9.74. The molecule has 2 aliphatic rings. The summed E-state index contributed by atoms with van der Waals surface area (Å²) in [6.07, 6.45) is 3.62. The van der Waals surface area contributed by atoms with Crippen LogP contribution in [0.1, 0.15) is 46.4 Å². The molecule has 0 spiro atoms. The second-order valence-electron chi connectivity index (χ2n) is 7.17. The van der Waals surface area contributed by atoms with Gasteiger partial charge in [-0.15, -0.1) is 0 Å². The Bertz CT molecular complexity index is 884. The van der Waals surface area contributed by atoms with Gasteiger partial charge >= 0.3 is 0 Å². The highest BCUT2D eigenvalue weighted by atomic mass is 16.2. The zero-order valence-corrected chi connectivity index (χ0v) is 15.7. The molecule has 6 nitrogen and oxygen atoms in total. The van der Waals surface area contributed by atoms with Crippen molar-refractivity contribution >= 4 is 29.1 Å². The monoisotopic (exact) mass is 377 g/mol. The van der Waals surface area contributed by atoms with Gasteiger partial charge in [0.05, 0.1) is 22.5 Å². The van der Waals surface area contributed by atoms with E-state index in [9.17, 15) is 14.4 Å². The van der Waals surface area contributed by atoms with Gasteiger partial charge in [0.1, 0.15) is 0 Å². The summed E-state index contributed by atoms with van der Waals surface area (Å²) in [7, 11) is 0. The molecule has 0 bridgehead atoms. The predicted octanol–water partition coefficient (Wildman–Crippen LogP) is 3.30. The van der Waals surface area contributed by atoms with Crippen molar-refractivity contribution in [3.8, 4) is 0 Å². The molecule has 1 fully saturated rings. The Kier molecular flexibility index (Phi) is 5.10. The van der Waals surface area contributed by atoms with Crippen LogP contribution < -0.4 is 10.2 Å². The van der Waals surface area contributed by atoms with Crippen LogP contribution in [-0.2, 0) is 4.79 Å². The van der Waals surface area contributed by atoms with Crippen LogP contribution >= 0.6 is 0 Å². The molecular weight excluding hydrogens is 354 g/mol. The van der Waals surface area contributed by atoms with Gasteiger partial charge in [-0.2, -0.15) is 0 Å². The summed E-state index contributed by atoms with van der Waals surface area (Å²) in [6, 6.07) is 14.5. The molecule has 4 rings (SSSR count). The fourth-order valence-corrected chi connectivity index (χ4v) is 3.86. The van der Waals surface area contributed by atoms with Gasteiger partial charge in [0.25, 0.3) is 11.8 Å². The second kappa shape index (κ2) is 7.84. The molecule has 0 atom stereocenters. The molecule has 144 valence electrons. The number of fused-ring (bicyclic) bond motifs is 1. The number of nitrogens with one attached hydrogen (secondary N) is 1. The van der Waals surface area contributed by atoms with Gasteiger partial charge in [0, 0.05) is 26.1 Å². The van der Waals surface area contributed by atoms with Gasteiger partial charge in [-0.05, 0) is 43.5 Å². The molecule has 2 aromatic carbocycles. The molecule has 0 radical (unpaired) electrons. The molecule has 2 heterocycles. The highest BCUT2D eigenvalue weighted by Gasteiger charge is 2.35. The first kappa shape index (κ1) is 18.2. The van der Waals surface area contributed by atoms with Crippen molar-refractivity contribution in [1.82, 2.24) is 4.90 Å². The van der Waals surface area contributed by atoms with Crippen LogP contribution in [0.15, 0.2) is 48.5 Å². The molecule has 28 heavy (non-hydrogen) atoms. The number of imide groups is 1. The molecule has 0 aromatic heterocycles. The van der Waals surface area contributed by atoms with Crippen molar-refractivity contribution in [2.45, 2.75) is 25.7 Å². The summed E-state index contributed by atoms with van der Waals surface area (Å²) in [5, 5.41) is 2.95. The third kappa shape index (κ3) is 3.50. The average Bonchev–Trinajstić information content (AvgIpc) is 2.98. The van der Waals surface area contributed by atoms with E-state index in [0.717, 1.165) is 42.2 Å². The summed E-state index contributed by atoms with van der Waals surface area (Å²) in [5.74, 6) is -0.870. The number of rotatable bonds is 5. The summed E-state index contributed by atoms with van der Waals surface area (Å²) in [6.45, 7) is 2.05. The number of carbonyl (C=O) groups excluding carboxylic acids is 3. The molecule has 1 N–H and O–H groups in total. The Labute approximate surface area is 164 Å². The minimum Gasteiger partial charge on any atom is -0.370 e. The number of piperidine rings is 1. The second-order valence-corrected chi connectivity index (χ2v) is 7.17. The van der Waals surface area contributed by atoms with E-state index in [-0.39, 0.29) is 30.7 Å². The van der Waals surface area contributed by atoms with Gasteiger partial charge in [0.2, 0.25) is 5.91 Å². The SMILES string of the molecule is O=C(CCN1C(=O)c2ccccc2C1=O)Nc1ccccc1N1CCCCC1. The topological polar surface area (TPSA) is 69.7 Å². The fourth-order valence-electron chi connectivity index (χ4n) is 3.86. The highest BCUT2D eigenvalue weighted by Crippen LogP contribution is 2.28. The first-order valence-electron chi connectivity index (χ1n) is 9.74. The van der Waals surface area contributed by atoms with Crippen LogP contribution in [0.5, 0.6) is 0 Å². The molecule has 0 saturated carbocycles. The lowest BCUT2D eigenvalue weighted by Gasteiger charge is -2.30. The summed E-state index contributed by atoms with van der Waals surface area (Å²) < 4.78 is 0. The molecule has 0 unspecified atom stereocenters. The van der Waals surface area contributed by atoms with E-state index >= 15 is 0 Å². The average molecular weight is 377 g/mol. The van der Waals surface area contributed by atoms with Crippen LogP contribution in [0.2, 0.25) is 0 Å². The standard InChI is InChI=1S/C22H23N3O3/c26-20(12-15-25-21(27)16-8-2-3-9-17(16)22(25)28)23-18-10-4-5-11-19(18)24-13-6-1-7-14-24/h2-5,8-11H,1,6-7,12-15H2,(H,23,26). The lowest BCUT2D eigenvalue weighted by atomic mass is 10.1. The number of anilines is 2. The van der Waals surface area contributed by atoms with Gasteiger partial charge in [-0.25, -0.2) is 0 Å². The zero-order valence-electron chi connectivity index (χ0n) is 15.7. The van der Waals surface area contributed by atoms with Crippen molar-refractivity contribution in [3.63, 3.8) is 0 Å². The molecule has 2 aromatic rings. The van der Waals surface area contributed by atoms with Gasteiger partial charge < -0.3 is 10.2 Å². The smallest absolute Gasteiger partial charge is 0.261 e. The Morgan fingerprint density at radius 1 is 0.857 bits per heavy atom. The lowest BCUT2D eigenvalue weighted by molar-refractivity contribution is -0.116. The van der Waals surface area contributed by atoms with Crippen molar-refractivity contribution in [2.24, 2.45) is 0 Å². The third-order valence-electron chi connectivity index (χ3n) is 5.32. The largest absolute Gasteiger partial charge is 0.370 e. The summed E-state index contributed by atoms with van der Waals surface area (Å²) >= 11 is 0. The highest BCUT2D eigenvalue weighted by molar-refractivity contribution is 6.21. The number of benzene rings is 2. The molecule has 1 saturated heterocycles. The number of hydrogen-bond acceptors (Lipinski definition) is 4. The van der Waals surface area contributed by atoms with Gasteiger partial charge in [-0.3, -0.25) is 19.3 Å². The molecular formula is C22H23N3O3. The minimum absolute atomic E-state index is 0.0692. The quantitative estimate of drug-likeness (QED) is 0.812. The summed E-state index contributed by atoms with van der Waals surface area (Å²) in [5.41, 5.74) is 2.61. The van der Waals surface area contributed by atoms with Crippen molar-refractivity contribution in [1.29, 1.82) is 0 Å². The maximum Gasteiger partial charge on any atom is 0.261 e. The Morgan fingerprint density at radius 3 is 2.14 bits per heavy atom. The van der Waals surface area contributed by atoms with Crippen LogP contribution in [-0.4, -0.2) is 42.3 Å². The van der Waals surface area contributed by atoms with E-state index < -0.39 is 0 Å². The number of hydrogen-bond donors (Lipinski definition) is 1. The molecule has 0 aliphatic carbocycles. The minimum atomic E-state index is -0.331. The Hall–Kier alpha value is -3.15. The number of para-hydroxylation sites is 2. The summed E-state index contributed by atoms with van der Waals surface area (Å²) in [4.78, 5) is 40.8. The van der Waals surface area contributed by atoms with E-state index in [1.54, 1.807) is 24.3 Å². The van der Waals surface area contributed by atoms with Crippen molar-refractivity contribution in [3.05, 3.63) is 59.7 Å². The molecule has 6 heteroatoms. The van der Waals surface area contributed by atoms with Crippen LogP contribution in [0, 0.1) is 0 Å². The fraction of sp³-hybridized carbons (Fsp3) is 0.318. The maximum absolute atomic E-state index is 12.5. The van der Waals surface area contributed by atoms with Crippen LogP contribution in [0.25, 0.3) is 0 Å². The van der Waals surface area contributed by atoms with E-state index in [1.165, 1.54) is 6.42 Å². The molecule has 3 amide bonds. The van der Waals surface area contributed by atoms with Gasteiger partial charge in [0.15, 0.2) is 0 Å². The van der Waals surface area contributed by atoms with Crippen LogP contribution in [0.4, 0.5) is 11.4 Å². The lowest BCUT2D eigenvalue weighted by Crippen LogP contribution is -2.33. The van der Waals surface area contributed by atoms with Crippen molar-refractivity contribution < 1.29 is 14.4 Å². The van der Waals surface area contributed by atoms with E-state index in [0.29, 0.717) is 11.1 Å². The third-order valence-corrected chi connectivity index (χ3v) is 5.32. The number of carbonyl (C=O) groups is 3. The zero-order chi connectivity index (χ0) is 19.5. The first-order chi connectivity index (χ1) is 13.6. The van der Waals surface area contributed by atoms with Crippen LogP contribution in [0.3, 0.4) is 0 Å². The van der Waals surface area contributed by atoms with E-state index in [2.05, 4.69) is 10.2 Å². The predicted molar refractivity (Wildman–Crippen MR) is 108 cm³/mol. The van der Waals surface area contributed by atoms with E-state index in [1.807, 2.05) is 24.3 Å².